The number of rotatable bonds is 7. The van der Waals surface area contributed by atoms with Gasteiger partial charge < -0.3 is 4.74 Å². The summed E-state index contributed by atoms with van der Waals surface area (Å²) in [6.07, 6.45) is 3.08. The molecule has 1 aromatic carbocycles. The van der Waals surface area contributed by atoms with E-state index in [2.05, 4.69) is 0 Å². The van der Waals surface area contributed by atoms with Crippen molar-refractivity contribution in [3.63, 3.8) is 0 Å². The lowest BCUT2D eigenvalue weighted by atomic mass is 10.2. The van der Waals surface area contributed by atoms with Gasteiger partial charge in [0.25, 0.3) is 15.9 Å². The number of anilines is 1. The van der Waals surface area contributed by atoms with Crippen molar-refractivity contribution in [2.45, 2.75) is 55.3 Å². The van der Waals surface area contributed by atoms with Crippen molar-refractivity contribution in [3.8, 4) is 5.75 Å². The van der Waals surface area contributed by atoms with Gasteiger partial charge in [0.15, 0.2) is 0 Å². The van der Waals surface area contributed by atoms with Gasteiger partial charge in [-0.2, -0.15) is 4.31 Å². The van der Waals surface area contributed by atoms with Crippen LogP contribution in [0.5, 0.6) is 5.75 Å². The number of nitrogens with zero attached hydrogens (tertiary/aromatic N) is 2. The number of benzene rings is 1. The molecule has 1 saturated carbocycles. The van der Waals surface area contributed by atoms with Gasteiger partial charge in [0, 0.05) is 6.04 Å². The lowest BCUT2D eigenvalue weighted by Gasteiger charge is -2.31. The third-order valence-corrected chi connectivity index (χ3v) is 8.88. The number of sulfonamides is 1. The zero-order valence-electron chi connectivity index (χ0n) is 16.7. The Morgan fingerprint density at radius 1 is 1.13 bits per heavy atom. The highest BCUT2D eigenvalue weighted by Gasteiger charge is 2.49. The van der Waals surface area contributed by atoms with Crippen LogP contribution in [0.15, 0.2) is 46.0 Å². The monoisotopic (exact) mass is 448 g/mol. The molecule has 0 radical (unpaired) electrons. The molecule has 1 aromatic heterocycles. The van der Waals surface area contributed by atoms with Gasteiger partial charge in [0.05, 0.1) is 18.7 Å². The summed E-state index contributed by atoms with van der Waals surface area (Å²) in [4.78, 5) is 27.2. The summed E-state index contributed by atoms with van der Waals surface area (Å²) in [5, 5.41) is 1.70. The van der Waals surface area contributed by atoms with E-state index in [9.17, 15) is 18.0 Å². The first kappa shape index (κ1) is 21.0. The van der Waals surface area contributed by atoms with Gasteiger partial charge in [0.1, 0.15) is 16.0 Å². The van der Waals surface area contributed by atoms with E-state index in [-0.39, 0.29) is 16.7 Å². The molecule has 1 saturated heterocycles. The van der Waals surface area contributed by atoms with E-state index in [1.807, 2.05) is 6.92 Å². The van der Waals surface area contributed by atoms with Crippen LogP contribution in [0.3, 0.4) is 0 Å². The van der Waals surface area contributed by atoms with E-state index in [4.69, 9.17) is 4.74 Å². The fourth-order valence-corrected chi connectivity index (χ4v) is 7.16. The van der Waals surface area contributed by atoms with Crippen molar-refractivity contribution >= 4 is 38.9 Å². The SMILES string of the molecule is CCOc1ccc(N2C(=O)CC(N(C3CCCC3)S(=O)(=O)c3cccs3)C2=O)cc1. The highest BCUT2D eigenvalue weighted by Crippen LogP contribution is 2.36. The quantitative estimate of drug-likeness (QED) is 0.606. The number of ether oxygens (including phenoxy) is 1. The Morgan fingerprint density at radius 2 is 1.83 bits per heavy atom. The molecule has 2 aliphatic rings. The molecule has 0 N–H and O–H groups in total. The highest BCUT2D eigenvalue weighted by molar-refractivity contribution is 7.91. The predicted molar refractivity (Wildman–Crippen MR) is 114 cm³/mol. The second kappa shape index (κ2) is 8.49. The lowest BCUT2D eigenvalue weighted by molar-refractivity contribution is -0.122. The summed E-state index contributed by atoms with van der Waals surface area (Å²) in [5.74, 6) is -0.237. The molecule has 2 amide bonds. The minimum atomic E-state index is -3.87. The van der Waals surface area contributed by atoms with Crippen LogP contribution >= 0.6 is 11.3 Å². The van der Waals surface area contributed by atoms with E-state index in [1.165, 1.54) is 4.31 Å². The second-order valence-corrected chi connectivity index (χ2v) is 10.4. The van der Waals surface area contributed by atoms with Gasteiger partial charge in [-0.3, -0.25) is 9.59 Å². The minimum Gasteiger partial charge on any atom is -0.494 e. The number of hydrogen-bond acceptors (Lipinski definition) is 6. The van der Waals surface area contributed by atoms with E-state index in [0.717, 1.165) is 29.1 Å². The first-order valence-electron chi connectivity index (χ1n) is 10.1. The molecule has 0 spiro atoms. The average molecular weight is 449 g/mol. The number of carbonyl (C=O) groups is 2. The Kier molecular flexibility index (Phi) is 5.95. The fourth-order valence-electron chi connectivity index (χ4n) is 4.24. The third kappa shape index (κ3) is 3.77. The van der Waals surface area contributed by atoms with Crippen molar-refractivity contribution in [1.82, 2.24) is 4.31 Å². The third-order valence-electron chi connectivity index (χ3n) is 5.55. The molecule has 1 aliphatic heterocycles. The molecule has 30 heavy (non-hydrogen) atoms. The second-order valence-electron chi connectivity index (χ2n) is 7.42. The molecule has 9 heteroatoms. The average Bonchev–Trinajstić information content (AvgIpc) is 3.47. The molecule has 2 fully saturated rings. The van der Waals surface area contributed by atoms with E-state index in [0.29, 0.717) is 30.9 Å². The van der Waals surface area contributed by atoms with Gasteiger partial charge in [-0.1, -0.05) is 18.9 Å². The molecule has 1 unspecified atom stereocenters. The van der Waals surface area contributed by atoms with Crippen LogP contribution in [0.25, 0.3) is 0 Å². The Bertz CT molecular complexity index is 1010. The maximum absolute atomic E-state index is 13.4. The first-order valence-corrected chi connectivity index (χ1v) is 12.4. The number of amides is 2. The van der Waals surface area contributed by atoms with Crippen molar-refractivity contribution in [1.29, 1.82) is 0 Å². The summed E-state index contributed by atoms with van der Waals surface area (Å²) >= 11 is 1.13. The summed E-state index contributed by atoms with van der Waals surface area (Å²) < 4.78 is 33.8. The predicted octanol–water partition coefficient (Wildman–Crippen LogP) is 3.41. The topological polar surface area (TPSA) is 84.0 Å². The first-order chi connectivity index (χ1) is 14.4. The standard InChI is InChI=1S/C21H24N2O5S2/c1-2-28-17-11-9-15(10-12-17)22-19(24)14-18(21(22)25)23(16-6-3-4-7-16)30(26,27)20-8-5-13-29-20/h5,8-13,16,18H,2-4,6-7,14H2,1H3. The summed E-state index contributed by atoms with van der Waals surface area (Å²) in [6, 6.07) is 8.64. The molecule has 1 atom stereocenters. The normalized spacial score (nSPS) is 20.5. The molecule has 1 aliphatic carbocycles. The molecular weight excluding hydrogens is 424 g/mol. The number of carbonyl (C=O) groups excluding carboxylic acids is 2. The summed E-state index contributed by atoms with van der Waals surface area (Å²) in [7, 11) is -3.87. The van der Waals surface area contributed by atoms with Crippen LogP contribution in [0, 0.1) is 0 Å². The molecule has 0 bridgehead atoms. The maximum atomic E-state index is 13.4. The zero-order chi connectivity index (χ0) is 21.3. The number of hydrogen-bond donors (Lipinski definition) is 0. The van der Waals surface area contributed by atoms with Crippen molar-refractivity contribution in [2.24, 2.45) is 0 Å². The largest absolute Gasteiger partial charge is 0.494 e. The Labute approximate surface area is 180 Å². The van der Waals surface area contributed by atoms with E-state index < -0.39 is 27.9 Å². The Morgan fingerprint density at radius 3 is 2.43 bits per heavy atom. The van der Waals surface area contributed by atoms with Crippen LogP contribution in [0.1, 0.15) is 39.0 Å². The molecular formula is C21H24N2O5S2. The number of thiophene rings is 1. The number of imide groups is 1. The van der Waals surface area contributed by atoms with Crippen LogP contribution in [0.4, 0.5) is 5.69 Å². The Hall–Kier alpha value is -2.23. The van der Waals surface area contributed by atoms with Crippen molar-refractivity contribution in [3.05, 3.63) is 41.8 Å². The molecule has 2 heterocycles. The van der Waals surface area contributed by atoms with Gasteiger partial charge >= 0.3 is 0 Å². The van der Waals surface area contributed by atoms with Crippen LogP contribution in [0.2, 0.25) is 0 Å². The fraction of sp³-hybridized carbons (Fsp3) is 0.429. The van der Waals surface area contributed by atoms with E-state index in [1.54, 1.807) is 41.8 Å². The van der Waals surface area contributed by atoms with Crippen LogP contribution < -0.4 is 9.64 Å². The summed E-state index contributed by atoms with van der Waals surface area (Å²) in [5.41, 5.74) is 0.427. The Balaban J connectivity index is 1.67. The minimum absolute atomic E-state index is 0.146. The lowest BCUT2D eigenvalue weighted by Crippen LogP contribution is -2.49. The zero-order valence-corrected chi connectivity index (χ0v) is 18.3. The molecule has 2 aromatic rings. The molecule has 4 rings (SSSR count). The van der Waals surface area contributed by atoms with Gasteiger partial charge in [-0.15, -0.1) is 11.3 Å². The maximum Gasteiger partial charge on any atom is 0.253 e. The smallest absolute Gasteiger partial charge is 0.253 e. The van der Waals surface area contributed by atoms with Gasteiger partial charge in [-0.25, -0.2) is 13.3 Å². The molecule has 7 nitrogen and oxygen atoms in total. The van der Waals surface area contributed by atoms with Gasteiger partial charge in [0.2, 0.25) is 5.91 Å². The molecule has 160 valence electrons. The van der Waals surface area contributed by atoms with Crippen LogP contribution in [-0.4, -0.2) is 43.2 Å². The van der Waals surface area contributed by atoms with Crippen molar-refractivity contribution in [2.75, 3.05) is 11.5 Å². The van der Waals surface area contributed by atoms with E-state index >= 15 is 0 Å². The summed E-state index contributed by atoms with van der Waals surface area (Å²) in [6.45, 7) is 2.39. The van der Waals surface area contributed by atoms with Crippen LogP contribution in [-0.2, 0) is 19.6 Å². The van der Waals surface area contributed by atoms with Gasteiger partial charge in [-0.05, 0) is 55.5 Å². The highest BCUT2D eigenvalue weighted by atomic mass is 32.2. The van der Waals surface area contributed by atoms with Crippen molar-refractivity contribution < 1.29 is 22.7 Å².